The molecule has 1 rings (SSSR count). The summed E-state index contributed by atoms with van der Waals surface area (Å²) in [6, 6.07) is 11.2. The summed E-state index contributed by atoms with van der Waals surface area (Å²) < 4.78 is 0. The number of hydrogen-bond acceptors (Lipinski definition) is 2. The standard InChI is InChI=1S/C21H35NO2/c1-16(2)22(17(3)4)15-11-10-14-19(21(5,6)20(23)24)18-12-8-7-9-13-18/h7-9,12-13,16-17,19H,10-11,14-15H2,1-6H3,(H,23,24)/t19-/m1/s1. The normalized spacial score (nSPS) is 13.7. The van der Waals surface area contributed by atoms with E-state index in [0.29, 0.717) is 12.1 Å². The fraction of sp³-hybridized carbons (Fsp3) is 0.667. The Kier molecular flexibility index (Phi) is 7.95. The van der Waals surface area contributed by atoms with Gasteiger partial charge in [-0.25, -0.2) is 0 Å². The van der Waals surface area contributed by atoms with Gasteiger partial charge in [0.05, 0.1) is 5.41 Å². The Morgan fingerprint density at radius 2 is 1.58 bits per heavy atom. The number of nitrogens with zero attached hydrogens (tertiary/aromatic N) is 1. The number of aliphatic carboxylic acids is 1. The summed E-state index contributed by atoms with van der Waals surface area (Å²) in [6.07, 6.45) is 3.06. The highest BCUT2D eigenvalue weighted by Gasteiger charge is 2.37. The van der Waals surface area contributed by atoms with Crippen molar-refractivity contribution < 1.29 is 9.90 Å². The van der Waals surface area contributed by atoms with Gasteiger partial charge in [-0.15, -0.1) is 0 Å². The summed E-state index contributed by atoms with van der Waals surface area (Å²) in [7, 11) is 0. The molecule has 0 spiro atoms. The number of carboxylic acids is 1. The molecule has 0 radical (unpaired) electrons. The van der Waals surface area contributed by atoms with Gasteiger partial charge in [-0.05, 0) is 72.4 Å². The molecule has 0 aliphatic heterocycles. The van der Waals surface area contributed by atoms with Crippen LogP contribution in [-0.4, -0.2) is 34.6 Å². The minimum atomic E-state index is -0.753. The SMILES string of the molecule is CC(C)N(CCCC[C@H](c1ccccc1)C(C)(C)C(=O)O)C(C)C. The van der Waals surface area contributed by atoms with Crippen molar-refractivity contribution in [2.45, 2.75) is 78.8 Å². The van der Waals surface area contributed by atoms with Gasteiger partial charge in [0.1, 0.15) is 0 Å². The molecule has 24 heavy (non-hydrogen) atoms. The van der Waals surface area contributed by atoms with Crippen molar-refractivity contribution in [1.82, 2.24) is 4.90 Å². The molecule has 0 aliphatic rings. The van der Waals surface area contributed by atoms with Crippen LogP contribution >= 0.6 is 0 Å². The molecule has 0 aliphatic carbocycles. The number of rotatable bonds is 10. The third kappa shape index (κ3) is 5.62. The summed E-state index contributed by atoms with van der Waals surface area (Å²) in [5.74, 6) is -0.676. The molecule has 0 unspecified atom stereocenters. The lowest BCUT2D eigenvalue weighted by molar-refractivity contribution is -0.148. The van der Waals surface area contributed by atoms with Gasteiger partial charge in [-0.2, -0.15) is 0 Å². The van der Waals surface area contributed by atoms with Crippen LogP contribution in [0.4, 0.5) is 0 Å². The topological polar surface area (TPSA) is 40.5 Å². The first kappa shape index (κ1) is 20.7. The third-order valence-electron chi connectivity index (χ3n) is 5.11. The Balaban J connectivity index is 2.73. The molecule has 1 aromatic carbocycles. The quantitative estimate of drug-likeness (QED) is 0.600. The van der Waals surface area contributed by atoms with Crippen molar-refractivity contribution >= 4 is 5.97 Å². The van der Waals surface area contributed by atoms with Crippen LogP contribution < -0.4 is 0 Å². The van der Waals surface area contributed by atoms with E-state index in [-0.39, 0.29) is 5.92 Å². The molecule has 0 saturated carbocycles. The van der Waals surface area contributed by atoms with Gasteiger partial charge in [0, 0.05) is 12.1 Å². The summed E-state index contributed by atoms with van der Waals surface area (Å²) in [4.78, 5) is 14.2. The molecule has 1 N–H and O–H groups in total. The van der Waals surface area contributed by atoms with Crippen LogP contribution in [0.3, 0.4) is 0 Å². The van der Waals surface area contributed by atoms with E-state index < -0.39 is 11.4 Å². The zero-order valence-corrected chi connectivity index (χ0v) is 16.2. The molecular formula is C21H35NO2. The Morgan fingerprint density at radius 1 is 1.04 bits per heavy atom. The van der Waals surface area contributed by atoms with Gasteiger partial charge >= 0.3 is 5.97 Å². The summed E-state index contributed by atoms with van der Waals surface area (Å²) in [5.41, 5.74) is 0.381. The lowest BCUT2D eigenvalue weighted by atomic mass is 9.72. The molecule has 0 fully saturated rings. The van der Waals surface area contributed by atoms with E-state index in [1.807, 2.05) is 32.0 Å². The monoisotopic (exact) mass is 333 g/mol. The molecular weight excluding hydrogens is 298 g/mol. The van der Waals surface area contributed by atoms with Gasteiger partial charge in [-0.1, -0.05) is 36.8 Å². The smallest absolute Gasteiger partial charge is 0.309 e. The van der Waals surface area contributed by atoms with E-state index in [4.69, 9.17) is 0 Å². The minimum absolute atomic E-state index is 0.0442. The van der Waals surface area contributed by atoms with E-state index in [1.165, 1.54) is 0 Å². The highest BCUT2D eigenvalue weighted by atomic mass is 16.4. The van der Waals surface area contributed by atoms with Crippen molar-refractivity contribution in [3.8, 4) is 0 Å². The molecule has 136 valence electrons. The predicted molar refractivity (Wildman–Crippen MR) is 101 cm³/mol. The average molecular weight is 334 g/mol. The second-order valence-corrected chi connectivity index (χ2v) is 7.91. The molecule has 0 bridgehead atoms. The van der Waals surface area contributed by atoms with Crippen molar-refractivity contribution in [3.05, 3.63) is 35.9 Å². The van der Waals surface area contributed by atoms with Crippen molar-refractivity contribution in [1.29, 1.82) is 0 Å². The predicted octanol–water partition coefficient (Wildman–Crippen LogP) is 5.17. The maximum atomic E-state index is 11.7. The van der Waals surface area contributed by atoms with Crippen molar-refractivity contribution in [3.63, 3.8) is 0 Å². The average Bonchev–Trinajstić information content (AvgIpc) is 2.50. The number of unbranched alkanes of at least 4 members (excludes halogenated alkanes) is 1. The highest BCUT2D eigenvalue weighted by Crippen LogP contribution is 2.39. The maximum Gasteiger partial charge on any atom is 0.309 e. The molecule has 0 heterocycles. The van der Waals surface area contributed by atoms with E-state index in [9.17, 15) is 9.90 Å². The molecule has 3 heteroatoms. The Hall–Kier alpha value is -1.35. The maximum absolute atomic E-state index is 11.7. The Morgan fingerprint density at radius 3 is 2.04 bits per heavy atom. The number of carboxylic acid groups (broad SMARTS) is 1. The second kappa shape index (κ2) is 9.22. The minimum Gasteiger partial charge on any atom is -0.481 e. The van der Waals surface area contributed by atoms with Crippen LogP contribution in [0.5, 0.6) is 0 Å². The van der Waals surface area contributed by atoms with Gasteiger partial charge in [0.2, 0.25) is 0 Å². The molecule has 3 nitrogen and oxygen atoms in total. The van der Waals surface area contributed by atoms with Gasteiger partial charge in [0.25, 0.3) is 0 Å². The first-order chi connectivity index (χ1) is 11.2. The van der Waals surface area contributed by atoms with E-state index in [0.717, 1.165) is 31.4 Å². The first-order valence-corrected chi connectivity index (χ1v) is 9.22. The second-order valence-electron chi connectivity index (χ2n) is 7.91. The summed E-state index contributed by atoms with van der Waals surface area (Å²) in [6.45, 7) is 13.7. The van der Waals surface area contributed by atoms with E-state index >= 15 is 0 Å². The van der Waals surface area contributed by atoms with Crippen LogP contribution in [0.2, 0.25) is 0 Å². The third-order valence-corrected chi connectivity index (χ3v) is 5.11. The van der Waals surface area contributed by atoms with Crippen LogP contribution in [-0.2, 0) is 4.79 Å². The Bertz CT molecular complexity index is 486. The van der Waals surface area contributed by atoms with Crippen molar-refractivity contribution in [2.75, 3.05) is 6.54 Å². The van der Waals surface area contributed by atoms with Gasteiger partial charge in [0.15, 0.2) is 0 Å². The lowest BCUT2D eigenvalue weighted by Crippen LogP contribution is -2.37. The van der Waals surface area contributed by atoms with Crippen LogP contribution in [0.1, 0.15) is 72.3 Å². The zero-order chi connectivity index (χ0) is 18.3. The van der Waals surface area contributed by atoms with E-state index in [1.54, 1.807) is 0 Å². The van der Waals surface area contributed by atoms with Gasteiger partial charge < -0.3 is 5.11 Å². The molecule has 1 atom stereocenters. The zero-order valence-electron chi connectivity index (χ0n) is 16.2. The van der Waals surface area contributed by atoms with Gasteiger partial charge in [-0.3, -0.25) is 9.69 Å². The fourth-order valence-corrected chi connectivity index (χ4v) is 3.53. The number of benzene rings is 1. The van der Waals surface area contributed by atoms with Crippen LogP contribution in [0, 0.1) is 5.41 Å². The fourth-order valence-electron chi connectivity index (χ4n) is 3.53. The number of carbonyl (C=O) groups is 1. The molecule has 0 saturated heterocycles. The van der Waals surface area contributed by atoms with Crippen LogP contribution in [0.15, 0.2) is 30.3 Å². The number of hydrogen-bond donors (Lipinski definition) is 1. The first-order valence-electron chi connectivity index (χ1n) is 9.22. The highest BCUT2D eigenvalue weighted by molar-refractivity contribution is 5.75. The molecule has 0 amide bonds. The molecule has 1 aromatic rings. The van der Waals surface area contributed by atoms with Crippen LogP contribution in [0.25, 0.3) is 0 Å². The van der Waals surface area contributed by atoms with Crippen molar-refractivity contribution in [2.24, 2.45) is 5.41 Å². The summed E-state index contributed by atoms with van der Waals surface area (Å²) >= 11 is 0. The lowest BCUT2D eigenvalue weighted by Gasteiger charge is -2.32. The molecule has 0 aromatic heterocycles. The van der Waals surface area contributed by atoms with E-state index in [2.05, 4.69) is 44.7 Å². The summed E-state index contributed by atoms with van der Waals surface area (Å²) in [5, 5.41) is 9.66. The Labute approximate surface area is 148 Å². The largest absolute Gasteiger partial charge is 0.481 e.